The van der Waals surface area contributed by atoms with Crippen molar-refractivity contribution >= 4 is 23.5 Å². The number of pyridine rings is 1. The zero-order valence-corrected chi connectivity index (χ0v) is 16.8. The van der Waals surface area contributed by atoms with Gasteiger partial charge in [-0.15, -0.1) is 0 Å². The number of aromatic nitrogens is 1. The summed E-state index contributed by atoms with van der Waals surface area (Å²) in [4.78, 5) is 32.3. The van der Waals surface area contributed by atoms with Crippen molar-refractivity contribution in [3.63, 3.8) is 0 Å². The molecule has 0 aliphatic carbocycles. The van der Waals surface area contributed by atoms with E-state index in [1.165, 1.54) is 0 Å². The Labute approximate surface area is 170 Å². The maximum atomic E-state index is 12.8. The number of amides is 2. The van der Waals surface area contributed by atoms with E-state index in [0.29, 0.717) is 50.8 Å². The summed E-state index contributed by atoms with van der Waals surface area (Å²) in [6, 6.07) is 11.0. The van der Waals surface area contributed by atoms with Gasteiger partial charge in [-0.3, -0.25) is 4.79 Å². The van der Waals surface area contributed by atoms with E-state index in [1.54, 1.807) is 35.1 Å². The van der Waals surface area contributed by atoms with Crippen LogP contribution in [0.1, 0.15) is 24.2 Å². The van der Waals surface area contributed by atoms with E-state index >= 15 is 0 Å². The number of benzene rings is 1. The maximum Gasteiger partial charge on any atom is 0.409 e. The standard InChI is InChI=1S/C21H26N4O4/c1-3-28-18-7-5-17(6-8-18)23-19-15-16(9-10-22-19)20(26)24-11-13-25(14-12-24)21(27)29-4-2/h5-10,15H,3-4,11-14H2,1-2H3,(H,22,23). The molecular formula is C21H26N4O4. The highest BCUT2D eigenvalue weighted by Gasteiger charge is 2.25. The number of rotatable bonds is 6. The molecule has 0 radical (unpaired) electrons. The molecule has 1 aromatic heterocycles. The molecule has 2 amide bonds. The van der Waals surface area contributed by atoms with Crippen LogP contribution in [0.5, 0.6) is 5.75 Å². The Hall–Kier alpha value is -3.29. The number of nitrogens with one attached hydrogen (secondary N) is 1. The van der Waals surface area contributed by atoms with Crippen LogP contribution in [0, 0.1) is 0 Å². The summed E-state index contributed by atoms with van der Waals surface area (Å²) in [6.07, 6.45) is 1.28. The Morgan fingerprint density at radius 1 is 1.00 bits per heavy atom. The van der Waals surface area contributed by atoms with Gasteiger partial charge in [0.05, 0.1) is 13.2 Å². The number of nitrogens with zero attached hydrogens (tertiary/aromatic N) is 3. The number of hydrogen-bond donors (Lipinski definition) is 1. The molecule has 2 heterocycles. The molecule has 1 fully saturated rings. The lowest BCUT2D eigenvalue weighted by Crippen LogP contribution is -2.50. The molecule has 1 aliphatic heterocycles. The summed E-state index contributed by atoms with van der Waals surface area (Å²) in [5.74, 6) is 1.31. The molecule has 29 heavy (non-hydrogen) atoms. The fourth-order valence-corrected chi connectivity index (χ4v) is 3.07. The average Bonchev–Trinajstić information content (AvgIpc) is 2.75. The third-order valence-corrected chi connectivity index (χ3v) is 4.54. The van der Waals surface area contributed by atoms with Crippen molar-refractivity contribution in [1.82, 2.24) is 14.8 Å². The number of anilines is 2. The van der Waals surface area contributed by atoms with E-state index in [4.69, 9.17) is 9.47 Å². The molecule has 3 rings (SSSR count). The second-order valence-electron chi connectivity index (χ2n) is 6.49. The minimum absolute atomic E-state index is 0.0781. The van der Waals surface area contributed by atoms with Crippen LogP contribution in [0.15, 0.2) is 42.6 Å². The van der Waals surface area contributed by atoms with Crippen LogP contribution >= 0.6 is 0 Å². The molecule has 1 aliphatic rings. The molecule has 0 bridgehead atoms. The lowest BCUT2D eigenvalue weighted by molar-refractivity contribution is 0.0570. The number of hydrogen-bond acceptors (Lipinski definition) is 6. The largest absolute Gasteiger partial charge is 0.494 e. The Balaban J connectivity index is 1.60. The fraction of sp³-hybridized carbons (Fsp3) is 0.381. The molecule has 1 aromatic carbocycles. The summed E-state index contributed by atoms with van der Waals surface area (Å²) in [5, 5.41) is 3.20. The Bertz CT molecular complexity index is 833. The van der Waals surface area contributed by atoms with Gasteiger partial charge in [0.25, 0.3) is 5.91 Å². The zero-order valence-electron chi connectivity index (χ0n) is 16.8. The monoisotopic (exact) mass is 398 g/mol. The molecule has 2 aromatic rings. The number of carbonyl (C=O) groups is 2. The topological polar surface area (TPSA) is 84.0 Å². The maximum absolute atomic E-state index is 12.8. The Morgan fingerprint density at radius 3 is 2.34 bits per heavy atom. The summed E-state index contributed by atoms with van der Waals surface area (Å²) in [6.45, 7) is 6.56. The zero-order chi connectivity index (χ0) is 20.6. The van der Waals surface area contributed by atoms with Gasteiger partial charge in [-0.25, -0.2) is 9.78 Å². The van der Waals surface area contributed by atoms with E-state index < -0.39 is 0 Å². The molecule has 0 saturated carbocycles. The molecular weight excluding hydrogens is 372 g/mol. The average molecular weight is 398 g/mol. The highest BCUT2D eigenvalue weighted by atomic mass is 16.6. The van der Waals surface area contributed by atoms with E-state index in [-0.39, 0.29) is 12.0 Å². The van der Waals surface area contributed by atoms with Gasteiger partial charge in [0.2, 0.25) is 0 Å². The summed E-state index contributed by atoms with van der Waals surface area (Å²) in [7, 11) is 0. The predicted molar refractivity (Wildman–Crippen MR) is 110 cm³/mol. The van der Waals surface area contributed by atoms with Crippen molar-refractivity contribution in [2.24, 2.45) is 0 Å². The van der Waals surface area contributed by atoms with Gasteiger partial charge in [0.1, 0.15) is 11.6 Å². The van der Waals surface area contributed by atoms with E-state index in [1.807, 2.05) is 31.2 Å². The highest BCUT2D eigenvalue weighted by Crippen LogP contribution is 2.20. The van der Waals surface area contributed by atoms with E-state index in [2.05, 4.69) is 10.3 Å². The third-order valence-electron chi connectivity index (χ3n) is 4.54. The molecule has 8 nitrogen and oxygen atoms in total. The van der Waals surface area contributed by atoms with Gasteiger partial charge < -0.3 is 24.6 Å². The number of piperazine rings is 1. The van der Waals surface area contributed by atoms with Crippen LogP contribution in [0.4, 0.5) is 16.3 Å². The molecule has 0 atom stereocenters. The first-order valence-corrected chi connectivity index (χ1v) is 9.77. The Morgan fingerprint density at radius 2 is 1.69 bits per heavy atom. The van der Waals surface area contributed by atoms with Gasteiger partial charge in [0.15, 0.2) is 0 Å². The molecule has 0 spiro atoms. The fourth-order valence-electron chi connectivity index (χ4n) is 3.07. The summed E-state index contributed by atoms with van der Waals surface area (Å²) in [5.41, 5.74) is 1.41. The van der Waals surface area contributed by atoms with Crippen LogP contribution in [-0.4, -0.2) is 66.2 Å². The van der Waals surface area contributed by atoms with E-state index in [9.17, 15) is 9.59 Å². The molecule has 154 valence electrons. The third kappa shape index (κ3) is 5.37. The molecule has 1 N–H and O–H groups in total. The van der Waals surface area contributed by atoms with Crippen LogP contribution in [0.25, 0.3) is 0 Å². The number of carbonyl (C=O) groups excluding carboxylic acids is 2. The van der Waals surface area contributed by atoms with Crippen molar-refractivity contribution in [2.45, 2.75) is 13.8 Å². The first-order valence-electron chi connectivity index (χ1n) is 9.77. The van der Waals surface area contributed by atoms with Crippen molar-refractivity contribution < 1.29 is 19.1 Å². The lowest BCUT2D eigenvalue weighted by Gasteiger charge is -2.34. The summed E-state index contributed by atoms with van der Waals surface area (Å²) < 4.78 is 10.5. The van der Waals surface area contributed by atoms with Crippen molar-refractivity contribution in [2.75, 3.05) is 44.7 Å². The first-order chi connectivity index (χ1) is 14.1. The van der Waals surface area contributed by atoms with Crippen LogP contribution < -0.4 is 10.1 Å². The molecule has 0 unspecified atom stereocenters. The first kappa shape index (κ1) is 20.4. The smallest absolute Gasteiger partial charge is 0.409 e. The van der Waals surface area contributed by atoms with Crippen molar-refractivity contribution in [3.05, 3.63) is 48.2 Å². The minimum atomic E-state index is -0.328. The second kappa shape index (κ2) is 9.77. The van der Waals surface area contributed by atoms with Crippen molar-refractivity contribution in [3.8, 4) is 5.75 Å². The van der Waals surface area contributed by atoms with Gasteiger partial charge in [-0.05, 0) is 50.2 Å². The predicted octanol–water partition coefficient (Wildman–Crippen LogP) is 3.14. The highest BCUT2D eigenvalue weighted by molar-refractivity contribution is 5.95. The number of ether oxygens (including phenoxy) is 2. The quantitative estimate of drug-likeness (QED) is 0.805. The lowest BCUT2D eigenvalue weighted by atomic mass is 10.2. The summed E-state index contributed by atoms with van der Waals surface area (Å²) >= 11 is 0. The Kier molecular flexibility index (Phi) is 6.89. The second-order valence-corrected chi connectivity index (χ2v) is 6.49. The van der Waals surface area contributed by atoms with E-state index in [0.717, 1.165) is 11.4 Å². The SMILES string of the molecule is CCOC(=O)N1CCN(C(=O)c2ccnc(Nc3ccc(OCC)cc3)c2)CC1. The molecule has 8 heteroatoms. The van der Waals surface area contributed by atoms with Crippen LogP contribution in [0.3, 0.4) is 0 Å². The normalized spacial score (nSPS) is 13.7. The van der Waals surface area contributed by atoms with Gasteiger partial charge >= 0.3 is 6.09 Å². The molecule has 1 saturated heterocycles. The van der Waals surface area contributed by atoms with Gasteiger partial charge in [-0.2, -0.15) is 0 Å². The van der Waals surface area contributed by atoms with Crippen LogP contribution in [-0.2, 0) is 4.74 Å². The van der Waals surface area contributed by atoms with Crippen LogP contribution in [0.2, 0.25) is 0 Å². The van der Waals surface area contributed by atoms with Gasteiger partial charge in [-0.1, -0.05) is 0 Å². The minimum Gasteiger partial charge on any atom is -0.494 e. The van der Waals surface area contributed by atoms with Crippen molar-refractivity contribution in [1.29, 1.82) is 0 Å². The van der Waals surface area contributed by atoms with Gasteiger partial charge in [0, 0.05) is 43.6 Å².